The highest BCUT2D eigenvalue weighted by Crippen LogP contribution is 2.20. The predicted molar refractivity (Wildman–Crippen MR) is 77.8 cm³/mol. The molecule has 7 nitrogen and oxygen atoms in total. The third-order valence-corrected chi connectivity index (χ3v) is 2.94. The number of carbonyl (C=O) groups is 1. The molecule has 108 valence electrons. The highest BCUT2D eigenvalue weighted by molar-refractivity contribution is 6.32. The fourth-order valence-corrected chi connectivity index (χ4v) is 2.00. The van der Waals surface area contributed by atoms with Crippen LogP contribution in [-0.4, -0.2) is 20.8 Å². The van der Waals surface area contributed by atoms with Crippen LogP contribution in [0.3, 0.4) is 0 Å². The van der Waals surface area contributed by atoms with Crippen molar-refractivity contribution in [3.63, 3.8) is 0 Å². The highest BCUT2D eigenvalue weighted by Gasteiger charge is 2.15. The fraction of sp³-hybridized carbons (Fsp3) is 0.0833. The molecule has 1 amide bonds. The normalized spacial score (nSPS) is 10.2. The topological polar surface area (TPSA) is 98.0 Å². The molecule has 1 heterocycles. The maximum Gasteiger partial charge on any atom is 0.273 e. The minimum Gasteiger partial charge on any atom is -0.306 e. The number of aromatic nitrogens is 2. The zero-order chi connectivity index (χ0) is 15.6. The Labute approximate surface area is 129 Å². The Balaban J connectivity index is 2.28. The smallest absolute Gasteiger partial charge is 0.273 e. The van der Waals surface area contributed by atoms with Crippen LogP contribution in [0, 0.1) is 17.0 Å². The lowest BCUT2D eigenvalue weighted by Gasteiger charge is -2.06. The van der Waals surface area contributed by atoms with Gasteiger partial charge in [-0.25, -0.2) is 9.97 Å². The van der Waals surface area contributed by atoms with Gasteiger partial charge >= 0.3 is 0 Å². The molecule has 0 spiro atoms. The monoisotopic (exact) mass is 326 g/mol. The van der Waals surface area contributed by atoms with Gasteiger partial charge in [0.15, 0.2) is 0 Å². The second kappa shape index (κ2) is 6.02. The van der Waals surface area contributed by atoms with Gasteiger partial charge in [0.2, 0.25) is 5.28 Å². The molecule has 0 aliphatic heterocycles. The minimum atomic E-state index is -0.566. The first-order chi connectivity index (χ1) is 9.86. The highest BCUT2D eigenvalue weighted by atomic mass is 35.5. The van der Waals surface area contributed by atoms with Crippen molar-refractivity contribution < 1.29 is 9.72 Å². The number of carbonyl (C=O) groups excluding carboxylic acids is 1. The summed E-state index contributed by atoms with van der Waals surface area (Å²) in [6, 6.07) is 5.47. The lowest BCUT2D eigenvalue weighted by Crippen LogP contribution is -2.13. The molecule has 0 fully saturated rings. The quantitative estimate of drug-likeness (QED) is 0.404. The van der Waals surface area contributed by atoms with Crippen molar-refractivity contribution in [1.82, 2.24) is 9.97 Å². The largest absolute Gasteiger partial charge is 0.306 e. The number of benzene rings is 1. The van der Waals surface area contributed by atoms with Crippen LogP contribution in [0.25, 0.3) is 0 Å². The molecular weight excluding hydrogens is 319 g/mol. The van der Waals surface area contributed by atoms with E-state index in [1.54, 1.807) is 6.92 Å². The van der Waals surface area contributed by atoms with E-state index in [-0.39, 0.29) is 27.5 Å². The van der Waals surface area contributed by atoms with Crippen LogP contribution in [0.2, 0.25) is 10.4 Å². The second-order valence-electron chi connectivity index (χ2n) is 4.06. The SMILES string of the molecule is Cc1ccc(C(=O)Nc2cc(Cl)nc(Cl)n2)cc1[N+](=O)[O-]. The number of hydrogen-bond donors (Lipinski definition) is 1. The van der Waals surface area contributed by atoms with E-state index in [9.17, 15) is 14.9 Å². The Morgan fingerprint density at radius 2 is 2.00 bits per heavy atom. The van der Waals surface area contributed by atoms with Gasteiger partial charge in [-0.2, -0.15) is 0 Å². The number of nitro groups is 1. The lowest BCUT2D eigenvalue weighted by atomic mass is 10.1. The number of nitrogens with zero attached hydrogens (tertiary/aromatic N) is 3. The van der Waals surface area contributed by atoms with Crippen LogP contribution in [0.4, 0.5) is 11.5 Å². The Kier molecular flexibility index (Phi) is 4.35. The van der Waals surface area contributed by atoms with Gasteiger partial charge in [0, 0.05) is 23.3 Å². The van der Waals surface area contributed by atoms with Crippen molar-refractivity contribution in [3.05, 3.63) is 55.9 Å². The zero-order valence-electron chi connectivity index (χ0n) is 10.6. The lowest BCUT2D eigenvalue weighted by molar-refractivity contribution is -0.385. The van der Waals surface area contributed by atoms with Crippen LogP contribution in [0.15, 0.2) is 24.3 Å². The predicted octanol–water partition coefficient (Wildman–Crippen LogP) is 3.25. The molecule has 1 N–H and O–H groups in total. The van der Waals surface area contributed by atoms with E-state index < -0.39 is 10.8 Å². The number of aryl methyl sites for hydroxylation is 1. The average Bonchev–Trinajstić information content (AvgIpc) is 2.37. The number of nitrogens with one attached hydrogen (secondary N) is 1. The van der Waals surface area contributed by atoms with Crippen LogP contribution < -0.4 is 5.32 Å². The molecule has 9 heteroatoms. The Morgan fingerprint density at radius 1 is 1.29 bits per heavy atom. The summed E-state index contributed by atoms with van der Waals surface area (Å²) in [5, 5.41) is 13.3. The van der Waals surface area contributed by atoms with Gasteiger partial charge in [-0.1, -0.05) is 17.7 Å². The molecule has 0 saturated heterocycles. The Morgan fingerprint density at radius 3 is 2.62 bits per heavy atom. The molecule has 1 aromatic heterocycles. The van der Waals surface area contributed by atoms with Crippen LogP contribution in [0.1, 0.15) is 15.9 Å². The molecule has 0 unspecified atom stereocenters. The summed E-state index contributed by atoms with van der Waals surface area (Å²) in [5.74, 6) is -0.461. The molecule has 1 aromatic carbocycles. The average molecular weight is 327 g/mol. The summed E-state index contributed by atoms with van der Waals surface area (Å²) in [5.41, 5.74) is 0.448. The van der Waals surface area contributed by atoms with Crippen molar-refractivity contribution in [1.29, 1.82) is 0 Å². The van der Waals surface area contributed by atoms with E-state index >= 15 is 0 Å². The van der Waals surface area contributed by atoms with Gasteiger partial charge in [-0.3, -0.25) is 14.9 Å². The zero-order valence-corrected chi connectivity index (χ0v) is 12.1. The van der Waals surface area contributed by atoms with Crippen LogP contribution in [-0.2, 0) is 0 Å². The maximum atomic E-state index is 12.0. The number of halogens is 2. The van der Waals surface area contributed by atoms with Crippen molar-refractivity contribution in [2.24, 2.45) is 0 Å². The molecule has 2 aromatic rings. The van der Waals surface area contributed by atoms with Crippen molar-refractivity contribution >= 4 is 40.6 Å². The third-order valence-electron chi connectivity index (χ3n) is 2.58. The van der Waals surface area contributed by atoms with Gasteiger partial charge in [0.05, 0.1) is 4.92 Å². The molecule has 0 atom stereocenters. The Bertz CT molecular complexity index is 716. The van der Waals surface area contributed by atoms with Crippen molar-refractivity contribution in [2.45, 2.75) is 6.92 Å². The van der Waals surface area contributed by atoms with Gasteiger partial charge in [0.25, 0.3) is 11.6 Å². The molecule has 0 saturated carbocycles. The molecule has 0 radical (unpaired) electrons. The van der Waals surface area contributed by atoms with E-state index in [1.807, 2.05) is 0 Å². The van der Waals surface area contributed by atoms with Crippen molar-refractivity contribution in [3.8, 4) is 0 Å². The summed E-state index contributed by atoms with van der Waals surface area (Å²) in [6.07, 6.45) is 0. The van der Waals surface area contributed by atoms with E-state index in [0.717, 1.165) is 0 Å². The first-order valence-corrected chi connectivity index (χ1v) is 6.39. The minimum absolute atomic E-state index is 0.0696. The summed E-state index contributed by atoms with van der Waals surface area (Å²) in [6.45, 7) is 1.59. The maximum absolute atomic E-state index is 12.0. The second-order valence-corrected chi connectivity index (χ2v) is 4.78. The number of rotatable bonds is 3. The van der Waals surface area contributed by atoms with E-state index in [2.05, 4.69) is 15.3 Å². The molecular formula is C12H8Cl2N4O3. The van der Waals surface area contributed by atoms with Crippen LogP contribution >= 0.6 is 23.2 Å². The summed E-state index contributed by atoms with van der Waals surface area (Å²) < 4.78 is 0. The van der Waals surface area contributed by atoms with Gasteiger partial charge in [-0.15, -0.1) is 0 Å². The van der Waals surface area contributed by atoms with Crippen molar-refractivity contribution in [2.75, 3.05) is 5.32 Å². The first kappa shape index (κ1) is 15.1. The van der Waals surface area contributed by atoms with E-state index in [1.165, 1.54) is 24.3 Å². The van der Waals surface area contributed by atoms with Gasteiger partial charge in [0.1, 0.15) is 11.0 Å². The molecule has 0 aliphatic rings. The van der Waals surface area contributed by atoms with E-state index in [4.69, 9.17) is 23.2 Å². The summed E-state index contributed by atoms with van der Waals surface area (Å²) in [4.78, 5) is 29.8. The number of anilines is 1. The molecule has 0 aliphatic carbocycles. The van der Waals surface area contributed by atoms with Gasteiger partial charge < -0.3 is 5.32 Å². The molecule has 2 rings (SSSR count). The van der Waals surface area contributed by atoms with Gasteiger partial charge in [-0.05, 0) is 24.6 Å². The molecule has 21 heavy (non-hydrogen) atoms. The third kappa shape index (κ3) is 3.65. The summed E-state index contributed by atoms with van der Waals surface area (Å²) in [7, 11) is 0. The van der Waals surface area contributed by atoms with E-state index in [0.29, 0.717) is 5.56 Å². The summed E-state index contributed by atoms with van der Waals surface area (Å²) >= 11 is 11.3. The fourth-order valence-electron chi connectivity index (χ4n) is 1.59. The number of amides is 1. The Hall–Kier alpha value is -2.25. The standard InChI is InChI=1S/C12H8Cl2N4O3/c1-6-2-3-7(4-8(6)18(20)21)11(19)16-10-5-9(13)15-12(14)17-10/h2-5H,1H3,(H,15,16,17,19). The molecule has 0 bridgehead atoms. The number of hydrogen-bond acceptors (Lipinski definition) is 5. The van der Waals surface area contributed by atoms with Crippen LogP contribution in [0.5, 0.6) is 0 Å². The number of nitro benzene ring substituents is 1. The first-order valence-electron chi connectivity index (χ1n) is 5.63.